The zero-order chi connectivity index (χ0) is 13.0. The van der Waals surface area contributed by atoms with E-state index in [2.05, 4.69) is 0 Å². The van der Waals surface area contributed by atoms with Crippen LogP contribution in [0, 0.1) is 11.8 Å². The van der Waals surface area contributed by atoms with Gasteiger partial charge in [0.1, 0.15) is 0 Å². The number of carbonyl (C=O) groups is 1. The molecule has 0 aromatic heterocycles. The maximum atomic E-state index is 12.3. The van der Waals surface area contributed by atoms with Gasteiger partial charge >= 0.3 is 0 Å². The van der Waals surface area contributed by atoms with Crippen molar-refractivity contribution in [2.24, 2.45) is 11.8 Å². The minimum Gasteiger partial charge on any atom is -0.392 e. The Morgan fingerprint density at radius 2 is 1.83 bits per heavy atom. The van der Waals surface area contributed by atoms with E-state index in [4.69, 9.17) is 4.74 Å². The first-order chi connectivity index (χ1) is 8.70. The number of aliphatic hydroxyl groups is 1. The molecular formula is C14H25NO3. The van der Waals surface area contributed by atoms with Crippen LogP contribution in [0.25, 0.3) is 0 Å². The van der Waals surface area contributed by atoms with Gasteiger partial charge in [-0.1, -0.05) is 26.2 Å². The van der Waals surface area contributed by atoms with E-state index in [1.807, 2.05) is 11.8 Å². The number of rotatable bonds is 3. The van der Waals surface area contributed by atoms with Crippen molar-refractivity contribution in [1.29, 1.82) is 0 Å². The first-order valence-corrected chi connectivity index (χ1v) is 7.24. The molecule has 18 heavy (non-hydrogen) atoms. The van der Waals surface area contributed by atoms with E-state index in [0.717, 1.165) is 12.8 Å². The second-order valence-electron chi connectivity index (χ2n) is 5.62. The van der Waals surface area contributed by atoms with Gasteiger partial charge in [-0.3, -0.25) is 4.79 Å². The predicted octanol–water partition coefficient (Wildman–Crippen LogP) is 1.42. The molecule has 0 aromatic rings. The molecule has 2 rings (SSSR count). The fourth-order valence-electron chi connectivity index (χ4n) is 3.10. The highest BCUT2D eigenvalue weighted by Crippen LogP contribution is 2.30. The van der Waals surface area contributed by atoms with Gasteiger partial charge in [-0.25, -0.2) is 0 Å². The summed E-state index contributed by atoms with van der Waals surface area (Å²) < 4.78 is 5.25. The van der Waals surface area contributed by atoms with Crippen molar-refractivity contribution in [1.82, 2.24) is 4.90 Å². The molecule has 1 aliphatic heterocycles. The summed E-state index contributed by atoms with van der Waals surface area (Å²) in [5.41, 5.74) is 0. The van der Waals surface area contributed by atoms with E-state index in [1.54, 1.807) is 0 Å². The number of amides is 1. The number of hydrogen-bond donors (Lipinski definition) is 1. The number of ether oxygens (including phenoxy) is 1. The summed E-state index contributed by atoms with van der Waals surface area (Å²) >= 11 is 0. The average molecular weight is 255 g/mol. The van der Waals surface area contributed by atoms with Gasteiger partial charge < -0.3 is 14.7 Å². The van der Waals surface area contributed by atoms with Crippen molar-refractivity contribution in [3.8, 4) is 0 Å². The molecule has 1 aliphatic carbocycles. The minimum atomic E-state index is -0.472. The van der Waals surface area contributed by atoms with Crippen molar-refractivity contribution in [3.05, 3.63) is 0 Å². The average Bonchev–Trinajstić information content (AvgIpc) is 2.47. The molecule has 2 atom stereocenters. The molecular weight excluding hydrogens is 230 g/mol. The van der Waals surface area contributed by atoms with E-state index in [-0.39, 0.29) is 11.8 Å². The smallest absolute Gasteiger partial charge is 0.228 e. The Bertz CT molecular complexity index is 270. The Morgan fingerprint density at radius 3 is 2.44 bits per heavy atom. The molecule has 0 radical (unpaired) electrons. The maximum Gasteiger partial charge on any atom is 0.228 e. The van der Waals surface area contributed by atoms with Crippen molar-refractivity contribution < 1.29 is 14.6 Å². The predicted molar refractivity (Wildman–Crippen MR) is 69.1 cm³/mol. The van der Waals surface area contributed by atoms with Crippen LogP contribution in [0.5, 0.6) is 0 Å². The fraction of sp³-hybridized carbons (Fsp3) is 0.929. The third-order valence-electron chi connectivity index (χ3n) is 4.36. The summed E-state index contributed by atoms with van der Waals surface area (Å²) in [6, 6.07) is 0. The highest BCUT2D eigenvalue weighted by molar-refractivity contribution is 5.79. The van der Waals surface area contributed by atoms with Gasteiger partial charge in [-0.05, 0) is 18.8 Å². The summed E-state index contributed by atoms with van der Waals surface area (Å²) in [5, 5.41) is 10.4. The first-order valence-electron chi connectivity index (χ1n) is 7.24. The van der Waals surface area contributed by atoms with Gasteiger partial charge in [0.05, 0.1) is 25.2 Å². The first kappa shape index (κ1) is 13.8. The molecule has 2 unspecified atom stereocenters. The van der Waals surface area contributed by atoms with E-state index in [9.17, 15) is 9.90 Å². The van der Waals surface area contributed by atoms with Gasteiger partial charge in [0, 0.05) is 13.1 Å². The molecule has 1 saturated carbocycles. The quantitative estimate of drug-likeness (QED) is 0.830. The number of nitrogens with zero attached hydrogens (tertiary/aromatic N) is 1. The van der Waals surface area contributed by atoms with Crippen LogP contribution in [-0.2, 0) is 9.53 Å². The number of aliphatic hydroxyl groups excluding tert-OH is 1. The highest BCUT2D eigenvalue weighted by atomic mass is 16.5. The number of hydrogen-bond acceptors (Lipinski definition) is 3. The van der Waals surface area contributed by atoms with Crippen LogP contribution in [0.1, 0.15) is 39.0 Å². The summed E-state index contributed by atoms with van der Waals surface area (Å²) in [5.74, 6) is 0.140. The molecule has 0 bridgehead atoms. The minimum absolute atomic E-state index is 0.0939. The number of carbonyl (C=O) groups excluding carboxylic acids is 1. The van der Waals surface area contributed by atoms with Gasteiger partial charge in [0.15, 0.2) is 0 Å². The molecule has 0 spiro atoms. The lowest BCUT2D eigenvalue weighted by Gasteiger charge is -2.34. The lowest BCUT2D eigenvalue weighted by atomic mass is 9.80. The second kappa shape index (κ2) is 6.53. The van der Waals surface area contributed by atoms with E-state index < -0.39 is 6.10 Å². The van der Waals surface area contributed by atoms with Gasteiger partial charge in [-0.15, -0.1) is 0 Å². The Morgan fingerprint density at radius 1 is 1.22 bits per heavy atom. The Kier molecular flexibility index (Phi) is 5.01. The standard InChI is InChI=1S/C14H25NO3/c1-11(13(16)12-5-3-2-4-6-12)14(17)15-7-9-18-10-8-15/h11-13,16H,2-10H2,1H3. The van der Waals surface area contributed by atoms with Gasteiger partial charge in [-0.2, -0.15) is 0 Å². The normalized spacial score (nSPS) is 25.8. The third-order valence-corrected chi connectivity index (χ3v) is 4.36. The van der Waals surface area contributed by atoms with E-state index in [0.29, 0.717) is 32.2 Å². The van der Waals surface area contributed by atoms with Crippen LogP contribution in [0.3, 0.4) is 0 Å². The molecule has 0 aromatic carbocycles. The molecule has 1 amide bonds. The molecule has 4 nitrogen and oxygen atoms in total. The van der Waals surface area contributed by atoms with Crippen molar-refractivity contribution >= 4 is 5.91 Å². The van der Waals surface area contributed by atoms with Crippen molar-refractivity contribution in [2.45, 2.75) is 45.1 Å². The largest absolute Gasteiger partial charge is 0.392 e. The number of morpholine rings is 1. The van der Waals surface area contributed by atoms with Gasteiger partial charge in [0.25, 0.3) is 0 Å². The summed E-state index contributed by atoms with van der Waals surface area (Å²) in [7, 11) is 0. The van der Waals surface area contributed by atoms with Crippen LogP contribution in [0.2, 0.25) is 0 Å². The van der Waals surface area contributed by atoms with Gasteiger partial charge in [0.2, 0.25) is 5.91 Å². The lowest BCUT2D eigenvalue weighted by molar-refractivity contribution is -0.144. The van der Waals surface area contributed by atoms with Crippen molar-refractivity contribution in [3.63, 3.8) is 0 Å². The Labute approximate surface area is 109 Å². The van der Waals surface area contributed by atoms with Crippen molar-refractivity contribution in [2.75, 3.05) is 26.3 Å². The van der Waals surface area contributed by atoms with E-state index in [1.165, 1.54) is 19.3 Å². The zero-order valence-corrected chi connectivity index (χ0v) is 11.3. The Hall–Kier alpha value is -0.610. The van der Waals surface area contributed by atoms with Crippen LogP contribution in [-0.4, -0.2) is 48.3 Å². The zero-order valence-electron chi connectivity index (χ0n) is 11.3. The highest BCUT2D eigenvalue weighted by Gasteiger charge is 2.33. The molecule has 2 aliphatic rings. The molecule has 1 heterocycles. The SMILES string of the molecule is CC(C(=O)N1CCOCC1)C(O)C1CCCCC1. The summed E-state index contributed by atoms with van der Waals surface area (Å²) in [6.45, 7) is 4.45. The molecule has 1 saturated heterocycles. The summed E-state index contributed by atoms with van der Waals surface area (Å²) in [6.07, 6.45) is 5.33. The van der Waals surface area contributed by atoms with Crippen LogP contribution in [0.15, 0.2) is 0 Å². The fourth-order valence-corrected chi connectivity index (χ4v) is 3.10. The molecule has 1 N–H and O–H groups in total. The van der Waals surface area contributed by atoms with E-state index >= 15 is 0 Å². The maximum absolute atomic E-state index is 12.3. The topological polar surface area (TPSA) is 49.8 Å². The third kappa shape index (κ3) is 3.23. The monoisotopic (exact) mass is 255 g/mol. The summed E-state index contributed by atoms with van der Waals surface area (Å²) in [4.78, 5) is 14.1. The molecule has 4 heteroatoms. The lowest BCUT2D eigenvalue weighted by Crippen LogP contribution is -2.47. The Balaban J connectivity index is 1.87. The second-order valence-corrected chi connectivity index (χ2v) is 5.62. The molecule has 104 valence electrons. The molecule has 2 fully saturated rings. The van der Waals surface area contributed by atoms with Crippen LogP contribution in [0.4, 0.5) is 0 Å². The van der Waals surface area contributed by atoms with Crippen LogP contribution >= 0.6 is 0 Å². The van der Waals surface area contributed by atoms with Crippen LogP contribution < -0.4 is 0 Å².